The molecule has 1 N–H and O–H groups in total. The molecule has 20 heavy (non-hydrogen) atoms. The maximum atomic E-state index is 11.7. The fourth-order valence-electron chi connectivity index (χ4n) is 2.02. The largest absolute Gasteiger partial charge is 0.449 e. The standard InChI is InChI=1S/C15H22N2O3/c18-15(17-9-7-16-8-10-17)20-12-4-11-19-13-14-5-2-1-3-6-14/h1-3,5-6,16H,4,7-13H2. The lowest BCUT2D eigenvalue weighted by Gasteiger charge is -2.26. The smallest absolute Gasteiger partial charge is 0.409 e. The number of nitrogens with one attached hydrogen (secondary N) is 1. The third-order valence-corrected chi connectivity index (χ3v) is 3.15. The van der Waals surface area contributed by atoms with Crippen LogP contribution in [0.2, 0.25) is 0 Å². The van der Waals surface area contributed by atoms with Gasteiger partial charge in [-0.3, -0.25) is 0 Å². The molecule has 0 unspecified atom stereocenters. The number of carbonyl (C=O) groups is 1. The van der Waals surface area contributed by atoms with Gasteiger partial charge in [-0.25, -0.2) is 4.79 Å². The molecule has 1 amide bonds. The second-order valence-electron chi connectivity index (χ2n) is 4.74. The Bertz CT molecular complexity index is 391. The number of amides is 1. The third-order valence-electron chi connectivity index (χ3n) is 3.15. The molecular weight excluding hydrogens is 256 g/mol. The first-order valence-electron chi connectivity index (χ1n) is 7.10. The minimum absolute atomic E-state index is 0.213. The molecule has 0 saturated carbocycles. The quantitative estimate of drug-likeness (QED) is 0.804. The number of piperazine rings is 1. The van der Waals surface area contributed by atoms with Crippen molar-refractivity contribution in [3.05, 3.63) is 35.9 Å². The van der Waals surface area contributed by atoms with Crippen molar-refractivity contribution in [2.24, 2.45) is 0 Å². The molecule has 1 aromatic carbocycles. The van der Waals surface area contributed by atoms with Crippen LogP contribution in [0, 0.1) is 0 Å². The third kappa shape index (κ3) is 5.19. The molecule has 0 bridgehead atoms. The van der Waals surface area contributed by atoms with Crippen LogP contribution in [-0.4, -0.2) is 50.4 Å². The van der Waals surface area contributed by atoms with Crippen molar-refractivity contribution in [2.75, 3.05) is 39.4 Å². The number of rotatable bonds is 6. The van der Waals surface area contributed by atoms with Crippen molar-refractivity contribution in [2.45, 2.75) is 13.0 Å². The molecule has 0 atom stereocenters. The van der Waals surface area contributed by atoms with Crippen LogP contribution < -0.4 is 5.32 Å². The number of carbonyl (C=O) groups excluding carboxylic acids is 1. The molecule has 110 valence electrons. The van der Waals surface area contributed by atoms with Crippen LogP contribution >= 0.6 is 0 Å². The van der Waals surface area contributed by atoms with E-state index in [4.69, 9.17) is 9.47 Å². The Morgan fingerprint density at radius 2 is 1.90 bits per heavy atom. The van der Waals surface area contributed by atoms with Crippen LogP contribution in [0.15, 0.2) is 30.3 Å². The first kappa shape index (κ1) is 14.8. The summed E-state index contributed by atoms with van der Waals surface area (Å²) < 4.78 is 10.7. The summed E-state index contributed by atoms with van der Waals surface area (Å²) in [7, 11) is 0. The molecule has 1 aliphatic heterocycles. The summed E-state index contributed by atoms with van der Waals surface area (Å²) in [5.74, 6) is 0. The molecule has 0 radical (unpaired) electrons. The Morgan fingerprint density at radius 1 is 1.15 bits per heavy atom. The fourth-order valence-corrected chi connectivity index (χ4v) is 2.02. The minimum Gasteiger partial charge on any atom is -0.449 e. The number of nitrogens with zero attached hydrogens (tertiary/aromatic N) is 1. The Kier molecular flexibility index (Phi) is 6.34. The molecule has 1 fully saturated rings. The van der Waals surface area contributed by atoms with Gasteiger partial charge in [0.05, 0.1) is 19.8 Å². The summed E-state index contributed by atoms with van der Waals surface area (Å²) in [6.45, 7) is 4.76. The van der Waals surface area contributed by atoms with E-state index in [1.807, 2.05) is 30.3 Å². The van der Waals surface area contributed by atoms with E-state index in [0.717, 1.165) is 38.2 Å². The molecule has 0 spiro atoms. The lowest BCUT2D eigenvalue weighted by Crippen LogP contribution is -2.46. The summed E-state index contributed by atoms with van der Waals surface area (Å²) in [6.07, 6.45) is 0.513. The van der Waals surface area contributed by atoms with E-state index in [1.165, 1.54) is 0 Å². The number of ether oxygens (including phenoxy) is 2. The van der Waals surface area contributed by atoms with Gasteiger partial charge in [-0.05, 0) is 5.56 Å². The van der Waals surface area contributed by atoms with Gasteiger partial charge in [0, 0.05) is 32.6 Å². The van der Waals surface area contributed by atoms with Gasteiger partial charge >= 0.3 is 6.09 Å². The Balaban J connectivity index is 1.50. The Labute approximate surface area is 119 Å². The van der Waals surface area contributed by atoms with E-state index in [1.54, 1.807) is 4.90 Å². The van der Waals surface area contributed by atoms with Crippen LogP contribution in [0.4, 0.5) is 4.79 Å². The zero-order valence-electron chi connectivity index (χ0n) is 11.7. The van der Waals surface area contributed by atoms with E-state index >= 15 is 0 Å². The van der Waals surface area contributed by atoms with E-state index in [2.05, 4.69) is 5.32 Å². The second-order valence-corrected chi connectivity index (χ2v) is 4.74. The lowest BCUT2D eigenvalue weighted by atomic mass is 10.2. The van der Waals surface area contributed by atoms with Crippen molar-refractivity contribution < 1.29 is 14.3 Å². The molecule has 1 aliphatic rings. The van der Waals surface area contributed by atoms with Gasteiger partial charge in [0.1, 0.15) is 0 Å². The highest BCUT2D eigenvalue weighted by atomic mass is 16.6. The number of benzene rings is 1. The molecule has 1 aromatic rings. The van der Waals surface area contributed by atoms with Crippen molar-refractivity contribution in [1.82, 2.24) is 10.2 Å². The maximum absolute atomic E-state index is 11.7. The Hall–Kier alpha value is -1.59. The topological polar surface area (TPSA) is 50.8 Å². The summed E-state index contributed by atoms with van der Waals surface area (Å²) in [4.78, 5) is 13.4. The summed E-state index contributed by atoms with van der Waals surface area (Å²) in [5, 5.41) is 3.20. The van der Waals surface area contributed by atoms with E-state index in [9.17, 15) is 4.79 Å². The predicted octanol–water partition coefficient (Wildman–Crippen LogP) is 1.64. The van der Waals surface area contributed by atoms with Crippen molar-refractivity contribution in [1.29, 1.82) is 0 Å². The van der Waals surface area contributed by atoms with Gasteiger partial charge in [0.2, 0.25) is 0 Å². The van der Waals surface area contributed by atoms with E-state index in [-0.39, 0.29) is 6.09 Å². The maximum Gasteiger partial charge on any atom is 0.409 e. The van der Waals surface area contributed by atoms with Crippen molar-refractivity contribution in [3.8, 4) is 0 Å². The highest BCUT2D eigenvalue weighted by Crippen LogP contribution is 2.01. The average molecular weight is 278 g/mol. The minimum atomic E-state index is -0.213. The molecule has 1 heterocycles. The average Bonchev–Trinajstić information content (AvgIpc) is 2.52. The van der Waals surface area contributed by atoms with Crippen LogP contribution in [0.3, 0.4) is 0 Å². The molecule has 5 heteroatoms. The van der Waals surface area contributed by atoms with Crippen LogP contribution in [0.1, 0.15) is 12.0 Å². The summed E-state index contributed by atoms with van der Waals surface area (Å²) >= 11 is 0. The molecule has 1 saturated heterocycles. The molecular formula is C15H22N2O3. The van der Waals surface area contributed by atoms with Crippen molar-refractivity contribution in [3.63, 3.8) is 0 Å². The molecule has 5 nitrogen and oxygen atoms in total. The lowest BCUT2D eigenvalue weighted by molar-refractivity contribution is 0.0732. The van der Waals surface area contributed by atoms with Gasteiger partial charge < -0.3 is 19.7 Å². The van der Waals surface area contributed by atoms with Crippen LogP contribution in [0.25, 0.3) is 0 Å². The number of hydrogen-bond donors (Lipinski definition) is 1. The fraction of sp³-hybridized carbons (Fsp3) is 0.533. The Morgan fingerprint density at radius 3 is 2.65 bits per heavy atom. The zero-order chi connectivity index (χ0) is 14.0. The van der Waals surface area contributed by atoms with Gasteiger partial charge in [-0.15, -0.1) is 0 Å². The van der Waals surface area contributed by atoms with Crippen LogP contribution in [-0.2, 0) is 16.1 Å². The SMILES string of the molecule is O=C(OCCCOCc1ccccc1)N1CCNCC1. The zero-order valence-corrected chi connectivity index (χ0v) is 11.7. The summed E-state index contributed by atoms with van der Waals surface area (Å²) in [6, 6.07) is 10.0. The monoisotopic (exact) mass is 278 g/mol. The van der Waals surface area contributed by atoms with Crippen molar-refractivity contribution >= 4 is 6.09 Å². The highest BCUT2D eigenvalue weighted by Gasteiger charge is 2.16. The first-order chi connectivity index (χ1) is 9.86. The first-order valence-corrected chi connectivity index (χ1v) is 7.10. The molecule has 0 aromatic heterocycles. The molecule has 0 aliphatic carbocycles. The van der Waals surface area contributed by atoms with Gasteiger partial charge in [0.15, 0.2) is 0 Å². The normalized spacial score (nSPS) is 15.1. The van der Waals surface area contributed by atoms with Gasteiger partial charge in [-0.2, -0.15) is 0 Å². The summed E-state index contributed by atoms with van der Waals surface area (Å²) in [5.41, 5.74) is 1.16. The second kappa shape index (κ2) is 8.55. The van der Waals surface area contributed by atoms with E-state index < -0.39 is 0 Å². The van der Waals surface area contributed by atoms with Gasteiger partial charge in [-0.1, -0.05) is 30.3 Å². The number of hydrogen-bond acceptors (Lipinski definition) is 4. The van der Waals surface area contributed by atoms with E-state index in [0.29, 0.717) is 19.8 Å². The van der Waals surface area contributed by atoms with Crippen LogP contribution in [0.5, 0.6) is 0 Å². The highest BCUT2D eigenvalue weighted by molar-refractivity contribution is 5.67. The predicted molar refractivity (Wildman–Crippen MR) is 76.5 cm³/mol. The van der Waals surface area contributed by atoms with Gasteiger partial charge in [0.25, 0.3) is 0 Å². The molecule has 2 rings (SSSR count).